The van der Waals surface area contributed by atoms with Crippen LogP contribution in [0.3, 0.4) is 0 Å². The number of hydrogen-bond donors (Lipinski definition) is 3. The van der Waals surface area contributed by atoms with Gasteiger partial charge in [-0.3, -0.25) is 4.79 Å². The van der Waals surface area contributed by atoms with Crippen molar-refractivity contribution in [1.82, 2.24) is 5.32 Å². The smallest absolute Gasteiger partial charge is 0.326 e. The molecule has 5 nitrogen and oxygen atoms in total. The number of amides is 1. The van der Waals surface area contributed by atoms with Gasteiger partial charge in [-0.2, -0.15) is 0 Å². The Bertz CT molecular complexity index is 221. The van der Waals surface area contributed by atoms with Gasteiger partial charge in [-0.05, 0) is 20.3 Å². The Hall–Kier alpha value is -1.10. The second-order valence-corrected chi connectivity index (χ2v) is 3.87. The molecule has 0 fully saturated rings. The van der Waals surface area contributed by atoms with E-state index in [-0.39, 0.29) is 0 Å². The van der Waals surface area contributed by atoms with Gasteiger partial charge in [0.1, 0.15) is 6.04 Å². The average Bonchev–Trinajstić information content (AvgIpc) is 2.01. The molecule has 5 heteroatoms. The largest absolute Gasteiger partial charge is 0.480 e. The number of carbonyl (C=O) groups excluding carboxylic acids is 1. The lowest BCUT2D eigenvalue weighted by molar-refractivity contribution is -0.142. The molecule has 14 heavy (non-hydrogen) atoms. The quantitative estimate of drug-likeness (QED) is 0.589. The van der Waals surface area contributed by atoms with E-state index in [1.165, 1.54) is 13.8 Å². The molecule has 0 aliphatic heterocycles. The second-order valence-electron chi connectivity index (χ2n) is 3.87. The molecule has 0 bridgehead atoms. The number of nitrogens with one attached hydrogen (secondary N) is 1. The van der Waals surface area contributed by atoms with Crippen molar-refractivity contribution in [2.75, 3.05) is 0 Å². The number of carbonyl (C=O) groups is 2. The highest BCUT2D eigenvalue weighted by Crippen LogP contribution is 2.01. The van der Waals surface area contributed by atoms with Crippen LogP contribution in [-0.2, 0) is 9.59 Å². The number of hydrogen-bond acceptors (Lipinski definition) is 3. The van der Waals surface area contributed by atoms with Crippen molar-refractivity contribution in [2.45, 2.75) is 45.2 Å². The minimum Gasteiger partial charge on any atom is -0.480 e. The van der Waals surface area contributed by atoms with Crippen LogP contribution in [0, 0.1) is 0 Å². The summed E-state index contributed by atoms with van der Waals surface area (Å²) >= 11 is 0. The summed E-state index contributed by atoms with van der Waals surface area (Å²) in [7, 11) is 0. The van der Waals surface area contributed by atoms with Crippen molar-refractivity contribution in [2.24, 2.45) is 5.73 Å². The Balaban J connectivity index is 4.31. The molecule has 0 aromatic rings. The molecule has 1 atom stereocenters. The molecule has 0 saturated carbocycles. The zero-order valence-electron chi connectivity index (χ0n) is 8.83. The van der Waals surface area contributed by atoms with Crippen molar-refractivity contribution >= 4 is 11.9 Å². The third-order valence-electron chi connectivity index (χ3n) is 1.77. The van der Waals surface area contributed by atoms with Gasteiger partial charge in [-0.25, -0.2) is 4.79 Å². The van der Waals surface area contributed by atoms with E-state index >= 15 is 0 Å². The van der Waals surface area contributed by atoms with E-state index in [9.17, 15) is 9.59 Å². The molecule has 0 heterocycles. The van der Waals surface area contributed by atoms with Crippen LogP contribution in [0.2, 0.25) is 0 Å². The van der Waals surface area contributed by atoms with Gasteiger partial charge < -0.3 is 16.2 Å². The zero-order valence-corrected chi connectivity index (χ0v) is 8.83. The highest BCUT2D eigenvalue weighted by atomic mass is 16.4. The summed E-state index contributed by atoms with van der Waals surface area (Å²) in [6, 6.07) is -0.838. The van der Waals surface area contributed by atoms with E-state index in [2.05, 4.69) is 5.32 Å². The molecule has 0 spiro atoms. The molecule has 0 aromatic heterocycles. The lowest BCUT2D eigenvalue weighted by Crippen LogP contribution is -2.53. The van der Waals surface area contributed by atoms with Gasteiger partial charge in [0.2, 0.25) is 5.91 Å². The van der Waals surface area contributed by atoms with Gasteiger partial charge in [-0.15, -0.1) is 0 Å². The van der Waals surface area contributed by atoms with E-state index in [0.717, 1.165) is 0 Å². The second kappa shape index (κ2) is 4.95. The van der Waals surface area contributed by atoms with E-state index in [4.69, 9.17) is 10.8 Å². The van der Waals surface area contributed by atoms with Crippen LogP contribution in [0.4, 0.5) is 0 Å². The van der Waals surface area contributed by atoms with Gasteiger partial charge in [0.15, 0.2) is 0 Å². The summed E-state index contributed by atoms with van der Waals surface area (Å²) in [5.41, 5.74) is 4.48. The van der Waals surface area contributed by atoms with Gasteiger partial charge in [-0.1, -0.05) is 13.3 Å². The Labute approximate surface area is 83.7 Å². The monoisotopic (exact) mass is 202 g/mol. The molecule has 1 unspecified atom stereocenters. The molecule has 0 radical (unpaired) electrons. The molecule has 0 aliphatic rings. The molecule has 0 saturated heterocycles. The fourth-order valence-electron chi connectivity index (χ4n) is 0.890. The summed E-state index contributed by atoms with van der Waals surface area (Å²) in [5.74, 6) is -1.47. The zero-order chi connectivity index (χ0) is 11.4. The first-order valence-corrected chi connectivity index (χ1v) is 4.61. The van der Waals surface area contributed by atoms with Gasteiger partial charge in [0, 0.05) is 0 Å². The molecule has 4 N–H and O–H groups in total. The van der Waals surface area contributed by atoms with Crippen molar-refractivity contribution in [3.05, 3.63) is 0 Å². The van der Waals surface area contributed by atoms with Crippen molar-refractivity contribution in [3.8, 4) is 0 Å². The predicted octanol–water partition coefficient (Wildman–Crippen LogP) is 0.0932. The maximum atomic E-state index is 11.4. The van der Waals surface area contributed by atoms with Crippen LogP contribution in [0.15, 0.2) is 0 Å². The standard InChI is InChI=1S/C9H18N2O3/c1-4-5-6(7(12)13)11-8(14)9(2,3)10/h6H,4-5,10H2,1-3H3,(H,11,14)(H,12,13). The fourth-order valence-corrected chi connectivity index (χ4v) is 0.890. The van der Waals surface area contributed by atoms with Crippen molar-refractivity contribution in [1.29, 1.82) is 0 Å². The number of carboxylic acid groups (broad SMARTS) is 1. The molecule has 0 aromatic carbocycles. The number of rotatable bonds is 5. The van der Waals surface area contributed by atoms with E-state index in [0.29, 0.717) is 12.8 Å². The third kappa shape index (κ3) is 4.23. The third-order valence-corrected chi connectivity index (χ3v) is 1.77. The van der Waals surface area contributed by atoms with Gasteiger partial charge >= 0.3 is 5.97 Å². The first-order valence-electron chi connectivity index (χ1n) is 4.61. The Morgan fingerprint density at radius 1 is 1.50 bits per heavy atom. The maximum absolute atomic E-state index is 11.4. The summed E-state index contributed by atoms with van der Waals surface area (Å²) in [5, 5.41) is 11.2. The fraction of sp³-hybridized carbons (Fsp3) is 0.778. The first-order chi connectivity index (χ1) is 6.29. The topological polar surface area (TPSA) is 92.4 Å². The summed E-state index contributed by atoms with van der Waals surface area (Å²) in [4.78, 5) is 22.1. The maximum Gasteiger partial charge on any atom is 0.326 e. The van der Waals surface area contributed by atoms with Crippen molar-refractivity contribution < 1.29 is 14.7 Å². The molecule has 0 aliphatic carbocycles. The SMILES string of the molecule is CCCC(NC(=O)C(C)(C)N)C(=O)O. The van der Waals surface area contributed by atoms with Gasteiger partial charge in [0.05, 0.1) is 5.54 Å². The lowest BCUT2D eigenvalue weighted by atomic mass is 10.0. The Morgan fingerprint density at radius 2 is 2.00 bits per heavy atom. The summed E-state index contributed by atoms with van der Waals surface area (Å²) < 4.78 is 0. The van der Waals surface area contributed by atoms with Crippen LogP contribution in [0.1, 0.15) is 33.6 Å². The van der Waals surface area contributed by atoms with Crippen LogP contribution < -0.4 is 11.1 Å². The van der Waals surface area contributed by atoms with E-state index in [1.54, 1.807) is 0 Å². The van der Waals surface area contributed by atoms with Crippen LogP contribution in [0.5, 0.6) is 0 Å². The molecule has 0 rings (SSSR count). The molecular formula is C9H18N2O3. The highest BCUT2D eigenvalue weighted by Gasteiger charge is 2.26. The van der Waals surface area contributed by atoms with Gasteiger partial charge in [0.25, 0.3) is 0 Å². The number of nitrogens with two attached hydrogens (primary N) is 1. The predicted molar refractivity (Wildman–Crippen MR) is 52.7 cm³/mol. The minimum absolute atomic E-state index is 0.414. The molecule has 82 valence electrons. The van der Waals surface area contributed by atoms with E-state index < -0.39 is 23.5 Å². The first kappa shape index (κ1) is 12.9. The van der Waals surface area contributed by atoms with Crippen molar-refractivity contribution in [3.63, 3.8) is 0 Å². The summed E-state index contributed by atoms with van der Waals surface area (Å²) in [6.07, 6.45) is 1.11. The number of carboxylic acids is 1. The average molecular weight is 202 g/mol. The van der Waals surface area contributed by atoms with E-state index in [1.807, 2.05) is 6.92 Å². The Morgan fingerprint density at radius 3 is 2.29 bits per heavy atom. The minimum atomic E-state index is -1.04. The highest BCUT2D eigenvalue weighted by molar-refractivity contribution is 5.89. The lowest BCUT2D eigenvalue weighted by Gasteiger charge is -2.21. The Kier molecular flexibility index (Phi) is 4.56. The van der Waals surface area contributed by atoms with Crippen LogP contribution >= 0.6 is 0 Å². The normalized spacial score (nSPS) is 13.4. The van der Waals surface area contributed by atoms with Crippen LogP contribution in [-0.4, -0.2) is 28.6 Å². The number of aliphatic carboxylic acids is 1. The molecular weight excluding hydrogens is 184 g/mol. The summed E-state index contributed by atoms with van der Waals surface area (Å²) in [6.45, 7) is 4.93. The molecule has 1 amide bonds. The van der Waals surface area contributed by atoms with Crippen LogP contribution in [0.25, 0.3) is 0 Å².